The van der Waals surface area contributed by atoms with Crippen molar-refractivity contribution in [2.45, 2.75) is 6.18 Å². The summed E-state index contributed by atoms with van der Waals surface area (Å²) in [6.07, 6.45) is -0.614. The predicted molar refractivity (Wildman–Crippen MR) is 85.2 cm³/mol. The van der Waals surface area contributed by atoms with E-state index in [9.17, 15) is 30.8 Å². The summed E-state index contributed by atoms with van der Waals surface area (Å²) in [5.74, 6) is -2.67. The van der Waals surface area contributed by atoms with Gasteiger partial charge in [-0.15, -0.1) is 4.40 Å². The molecule has 1 aromatic rings. The van der Waals surface area contributed by atoms with Gasteiger partial charge in [-0.1, -0.05) is 0 Å². The van der Waals surface area contributed by atoms with Crippen molar-refractivity contribution in [3.05, 3.63) is 53.5 Å². The van der Waals surface area contributed by atoms with E-state index in [0.29, 0.717) is 12.1 Å². The van der Waals surface area contributed by atoms with Gasteiger partial charge in [-0.3, -0.25) is 4.79 Å². The second kappa shape index (κ2) is 6.24. The van der Waals surface area contributed by atoms with Gasteiger partial charge in [-0.05, 0) is 30.4 Å². The number of carbonyl (C=O) groups is 1. The van der Waals surface area contributed by atoms with Gasteiger partial charge in [0.1, 0.15) is 5.82 Å². The number of alkyl halides is 3. The van der Waals surface area contributed by atoms with Crippen LogP contribution in [0.15, 0.2) is 46.5 Å². The van der Waals surface area contributed by atoms with Crippen LogP contribution in [0.5, 0.6) is 0 Å². The zero-order valence-electron chi connectivity index (χ0n) is 12.9. The lowest BCUT2D eigenvalue weighted by molar-refractivity contribution is -0.140. The molecule has 1 aromatic carbocycles. The molecule has 26 heavy (non-hydrogen) atoms. The summed E-state index contributed by atoms with van der Waals surface area (Å²) < 4.78 is 78.5. The van der Waals surface area contributed by atoms with Crippen LogP contribution in [0.2, 0.25) is 0 Å². The van der Waals surface area contributed by atoms with Crippen LogP contribution in [0.1, 0.15) is 5.56 Å². The minimum absolute atomic E-state index is 0.0943. The average molecular weight is 389 g/mol. The highest BCUT2D eigenvalue weighted by Gasteiger charge is 2.35. The number of carbonyl (C=O) groups excluding carboxylic acids is 1. The van der Waals surface area contributed by atoms with E-state index in [1.807, 2.05) is 0 Å². The fourth-order valence-corrected chi connectivity index (χ4v) is 3.40. The van der Waals surface area contributed by atoms with Crippen LogP contribution in [0.25, 0.3) is 0 Å². The first-order valence-corrected chi connectivity index (χ1v) is 8.84. The Morgan fingerprint density at radius 2 is 2.00 bits per heavy atom. The summed E-state index contributed by atoms with van der Waals surface area (Å²) in [6, 6.07) is 2.02. The number of hydrogen-bond donors (Lipinski definition) is 1. The van der Waals surface area contributed by atoms with Crippen LogP contribution < -0.4 is 5.32 Å². The van der Waals surface area contributed by atoms with E-state index < -0.39 is 33.5 Å². The zero-order valence-corrected chi connectivity index (χ0v) is 13.7. The number of halogens is 4. The number of fused-ring (bicyclic) bond motifs is 1. The highest BCUT2D eigenvalue weighted by atomic mass is 32.2. The molecular formula is C15H11F4N3O3S. The normalized spacial score (nSPS) is 18.7. The first kappa shape index (κ1) is 18.1. The van der Waals surface area contributed by atoms with Crippen LogP contribution in [-0.2, 0) is 21.0 Å². The first-order chi connectivity index (χ1) is 12.1. The quantitative estimate of drug-likeness (QED) is 0.788. The minimum atomic E-state index is -4.92. The van der Waals surface area contributed by atoms with Crippen molar-refractivity contribution in [1.82, 2.24) is 4.90 Å². The molecule has 0 saturated carbocycles. The van der Waals surface area contributed by atoms with Crippen molar-refractivity contribution in [2.75, 3.05) is 17.6 Å². The Bertz CT molecular complexity index is 965. The van der Waals surface area contributed by atoms with E-state index in [1.165, 1.54) is 23.3 Å². The second-order valence-corrected chi connectivity index (χ2v) is 7.22. The Balaban J connectivity index is 1.90. The number of anilines is 1. The fraction of sp³-hybridized carbons (Fsp3) is 0.200. The van der Waals surface area contributed by atoms with Gasteiger partial charge in [-0.25, -0.2) is 12.8 Å². The van der Waals surface area contributed by atoms with Crippen LogP contribution in [0.4, 0.5) is 23.2 Å². The van der Waals surface area contributed by atoms with Crippen molar-refractivity contribution in [3.8, 4) is 0 Å². The van der Waals surface area contributed by atoms with Crippen LogP contribution >= 0.6 is 0 Å². The largest absolute Gasteiger partial charge is 0.419 e. The lowest BCUT2D eigenvalue weighted by Gasteiger charge is -2.28. The van der Waals surface area contributed by atoms with Gasteiger partial charge in [0.15, 0.2) is 5.84 Å². The van der Waals surface area contributed by atoms with Gasteiger partial charge in [0.25, 0.3) is 15.9 Å². The lowest BCUT2D eigenvalue weighted by atomic mass is 10.1. The first-order valence-electron chi connectivity index (χ1n) is 7.23. The van der Waals surface area contributed by atoms with Gasteiger partial charge >= 0.3 is 6.18 Å². The number of hydrogen-bond acceptors (Lipinski definition) is 4. The van der Waals surface area contributed by atoms with E-state index in [2.05, 4.69) is 9.71 Å². The smallest absolute Gasteiger partial charge is 0.331 e. The Kier molecular flexibility index (Phi) is 4.34. The summed E-state index contributed by atoms with van der Waals surface area (Å²) in [6.45, 7) is 0.0943. The number of benzene rings is 1. The number of amides is 1. The molecule has 2 aliphatic rings. The molecule has 1 amide bonds. The summed E-state index contributed by atoms with van der Waals surface area (Å²) in [4.78, 5) is 13.8. The van der Waals surface area contributed by atoms with E-state index in [0.717, 1.165) is 6.07 Å². The van der Waals surface area contributed by atoms with Crippen LogP contribution in [0, 0.1) is 5.82 Å². The summed E-state index contributed by atoms with van der Waals surface area (Å²) in [5.41, 5.74) is -1.94. The van der Waals surface area contributed by atoms with Gasteiger partial charge in [0.2, 0.25) is 0 Å². The van der Waals surface area contributed by atoms with Gasteiger partial charge < -0.3 is 10.2 Å². The highest BCUT2D eigenvalue weighted by molar-refractivity contribution is 7.90. The predicted octanol–water partition coefficient (Wildman–Crippen LogP) is 2.28. The molecule has 0 bridgehead atoms. The molecule has 138 valence electrons. The van der Waals surface area contributed by atoms with Crippen molar-refractivity contribution in [2.24, 2.45) is 4.40 Å². The third-order valence-corrected chi connectivity index (χ3v) is 4.78. The van der Waals surface area contributed by atoms with Crippen molar-refractivity contribution in [1.29, 1.82) is 0 Å². The monoisotopic (exact) mass is 389 g/mol. The number of rotatable bonds is 2. The maximum absolute atomic E-state index is 13.3. The van der Waals surface area contributed by atoms with E-state index in [1.54, 1.807) is 0 Å². The molecule has 6 nitrogen and oxygen atoms in total. The number of sulfonamides is 1. The standard InChI is InChI=1S/C15H11F4N3O3S/c16-12-4-3-9(8-11(12)15(17,18)19)20-14(23)10-2-1-5-22-6-7-26(24,25)21-13(10)22/h1-5,8H,6-7H2,(H,20,23). The van der Waals surface area contributed by atoms with E-state index >= 15 is 0 Å². The van der Waals surface area contributed by atoms with Crippen LogP contribution in [0.3, 0.4) is 0 Å². The van der Waals surface area contributed by atoms with E-state index in [-0.39, 0.29) is 29.4 Å². The van der Waals surface area contributed by atoms with Crippen molar-refractivity contribution in [3.63, 3.8) is 0 Å². The summed E-state index contributed by atoms with van der Waals surface area (Å²) in [7, 11) is -3.73. The Labute approximate surface area is 145 Å². The molecule has 0 aromatic heterocycles. The highest BCUT2D eigenvalue weighted by Crippen LogP contribution is 2.33. The molecule has 0 fully saturated rings. The molecule has 0 atom stereocenters. The Morgan fingerprint density at radius 1 is 1.27 bits per heavy atom. The molecule has 0 unspecified atom stereocenters. The SMILES string of the molecule is O=C(Nc1ccc(F)c(C(F)(F)F)c1)C1=CC=CN2CCS(=O)(=O)N=C12. The van der Waals surface area contributed by atoms with E-state index in [4.69, 9.17) is 0 Å². The molecule has 2 heterocycles. The molecule has 3 rings (SSSR count). The third kappa shape index (κ3) is 3.62. The number of nitrogens with one attached hydrogen (secondary N) is 1. The Hall–Kier alpha value is -2.69. The molecule has 0 saturated heterocycles. The van der Waals surface area contributed by atoms with Gasteiger partial charge in [0.05, 0.1) is 16.9 Å². The molecule has 1 N–H and O–H groups in total. The molecule has 11 heteroatoms. The fourth-order valence-electron chi connectivity index (χ4n) is 2.41. The van der Waals surface area contributed by atoms with Gasteiger partial charge in [-0.2, -0.15) is 13.2 Å². The molecular weight excluding hydrogens is 378 g/mol. The third-order valence-electron chi connectivity index (χ3n) is 3.63. The Morgan fingerprint density at radius 3 is 2.69 bits per heavy atom. The number of allylic oxidation sites excluding steroid dienone is 2. The summed E-state index contributed by atoms with van der Waals surface area (Å²) in [5, 5.41) is 2.20. The van der Waals surface area contributed by atoms with Gasteiger partial charge in [0, 0.05) is 18.4 Å². The van der Waals surface area contributed by atoms with Crippen molar-refractivity contribution >= 4 is 27.5 Å². The maximum Gasteiger partial charge on any atom is 0.419 e. The maximum atomic E-state index is 13.3. The molecule has 0 radical (unpaired) electrons. The number of nitrogens with zero attached hydrogens (tertiary/aromatic N) is 2. The lowest BCUT2D eigenvalue weighted by Crippen LogP contribution is -2.40. The topological polar surface area (TPSA) is 78.8 Å². The molecule has 0 spiro atoms. The average Bonchev–Trinajstić information content (AvgIpc) is 2.54. The minimum Gasteiger partial charge on any atom is -0.331 e. The van der Waals surface area contributed by atoms with Crippen molar-refractivity contribution < 1.29 is 30.8 Å². The second-order valence-electron chi connectivity index (χ2n) is 5.46. The number of amidine groups is 1. The molecule has 0 aliphatic carbocycles. The zero-order chi connectivity index (χ0) is 19.1. The molecule has 2 aliphatic heterocycles. The van der Waals surface area contributed by atoms with Crippen LogP contribution in [-0.4, -0.2) is 37.4 Å². The summed E-state index contributed by atoms with van der Waals surface area (Å²) >= 11 is 0.